The number of benzene rings is 1. The number of nitrogens with zero attached hydrogens (tertiary/aromatic N) is 1. The number of methoxy groups -OCH3 is 1. The number of nitrogens with one attached hydrogen (secondary N) is 1. The highest BCUT2D eigenvalue weighted by Gasteiger charge is 2.24. The third-order valence-corrected chi connectivity index (χ3v) is 3.66. The van der Waals surface area contributed by atoms with Gasteiger partial charge in [-0.2, -0.15) is 0 Å². The Labute approximate surface area is 123 Å². The van der Waals surface area contributed by atoms with Crippen LogP contribution in [-0.4, -0.2) is 48.1 Å². The summed E-state index contributed by atoms with van der Waals surface area (Å²) in [6.45, 7) is 3.56. The SMILES string of the molecule is COC(=O)NC1CCN(Cc2cc(C(C)=O)ccc2O)C1. The Bertz CT molecular complexity index is 544. The van der Waals surface area contributed by atoms with Crippen LogP contribution in [0.15, 0.2) is 18.2 Å². The first-order valence-corrected chi connectivity index (χ1v) is 6.89. The molecule has 1 aromatic carbocycles. The van der Waals surface area contributed by atoms with Gasteiger partial charge in [0.25, 0.3) is 0 Å². The monoisotopic (exact) mass is 292 g/mol. The van der Waals surface area contributed by atoms with Crippen molar-refractivity contribution in [2.45, 2.75) is 25.9 Å². The Morgan fingerprint density at radius 2 is 2.24 bits per heavy atom. The molecule has 0 bridgehead atoms. The molecular weight excluding hydrogens is 272 g/mol. The summed E-state index contributed by atoms with van der Waals surface area (Å²) in [5.41, 5.74) is 1.31. The molecule has 1 heterocycles. The third kappa shape index (κ3) is 3.95. The van der Waals surface area contributed by atoms with E-state index < -0.39 is 6.09 Å². The van der Waals surface area contributed by atoms with E-state index in [0.717, 1.165) is 18.5 Å². The second-order valence-corrected chi connectivity index (χ2v) is 5.26. The molecule has 2 N–H and O–H groups in total. The van der Waals surface area contributed by atoms with Crippen molar-refractivity contribution in [3.63, 3.8) is 0 Å². The lowest BCUT2D eigenvalue weighted by Gasteiger charge is -2.17. The third-order valence-electron chi connectivity index (χ3n) is 3.66. The summed E-state index contributed by atoms with van der Waals surface area (Å²) < 4.78 is 4.58. The Balaban J connectivity index is 1.98. The van der Waals surface area contributed by atoms with Crippen LogP contribution >= 0.6 is 0 Å². The minimum atomic E-state index is -0.428. The summed E-state index contributed by atoms with van der Waals surface area (Å²) in [5, 5.41) is 12.7. The molecule has 2 rings (SSSR count). The number of likely N-dealkylation sites (tertiary alicyclic amines) is 1. The number of rotatable bonds is 4. The highest BCUT2D eigenvalue weighted by atomic mass is 16.5. The molecule has 1 unspecified atom stereocenters. The van der Waals surface area contributed by atoms with Gasteiger partial charge < -0.3 is 15.2 Å². The fourth-order valence-corrected chi connectivity index (χ4v) is 2.49. The van der Waals surface area contributed by atoms with Gasteiger partial charge in [-0.1, -0.05) is 0 Å². The van der Waals surface area contributed by atoms with Crippen LogP contribution in [0.5, 0.6) is 5.75 Å². The first-order chi connectivity index (χ1) is 9.99. The summed E-state index contributed by atoms with van der Waals surface area (Å²) >= 11 is 0. The van der Waals surface area contributed by atoms with Crippen molar-refractivity contribution in [1.82, 2.24) is 10.2 Å². The zero-order chi connectivity index (χ0) is 15.4. The molecule has 6 nitrogen and oxygen atoms in total. The summed E-state index contributed by atoms with van der Waals surface area (Å²) in [6.07, 6.45) is 0.408. The largest absolute Gasteiger partial charge is 0.508 e. The van der Waals surface area contributed by atoms with Crippen LogP contribution in [-0.2, 0) is 11.3 Å². The number of Topliss-reactive ketones (excluding diaryl/α,β-unsaturated/α-hetero) is 1. The van der Waals surface area contributed by atoms with Crippen molar-refractivity contribution in [3.8, 4) is 5.75 Å². The number of aromatic hydroxyl groups is 1. The van der Waals surface area contributed by atoms with Gasteiger partial charge in [-0.15, -0.1) is 0 Å². The van der Waals surface area contributed by atoms with E-state index in [0.29, 0.717) is 18.7 Å². The zero-order valence-electron chi connectivity index (χ0n) is 12.3. The molecule has 1 amide bonds. The molecule has 6 heteroatoms. The molecule has 1 aliphatic rings. The van der Waals surface area contributed by atoms with Crippen LogP contribution in [0.1, 0.15) is 29.3 Å². The number of hydrogen-bond acceptors (Lipinski definition) is 5. The van der Waals surface area contributed by atoms with Crippen LogP contribution in [0.3, 0.4) is 0 Å². The van der Waals surface area contributed by atoms with Crippen LogP contribution in [0.4, 0.5) is 4.79 Å². The number of ketones is 1. The fraction of sp³-hybridized carbons (Fsp3) is 0.467. The second-order valence-electron chi connectivity index (χ2n) is 5.26. The van der Waals surface area contributed by atoms with E-state index in [1.807, 2.05) is 0 Å². The average molecular weight is 292 g/mol. The lowest BCUT2D eigenvalue weighted by atomic mass is 10.1. The predicted octanol–water partition coefficient (Wildman–Crippen LogP) is 1.53. The minimum Gasteiger partial charge on any atom is -0.508 e. The standard InChI is InChI=1S/C15H20N2O4/c1-10(18)11-3-4-14(19)12(7-11)8-17-6-5-13(9-17)16-15(20)21-2/h3-4,7,13,19H,5-6,8-9H2,1-2H3,(H,16,20). The van der Waals surface area contributed by atoms with Gasteiger partial charge in [-0.25, -0.2) is 4.79 Å². The van der Waals surface area contributed by atoms with Crippen molar-refractivity contribution >= 4 is 11.9 Å². The Hall–Kier alpha value is -2.08. The van der Waals surface area contributed by atoms with Gasteiger partial charge in [0.1, 0.15) is 5.75 Å². The Kier molecular flexibility index (Phi) is 4.80. The number of carbonyl (C=O) groups excluding carboxylic acids is 2. The van der Waals surface area contributed by atoms with Gasteiger partial charge >= 0.3 is 6.09 Å². The zero-order valence-corrected chi connectivity index (χ0v) is 12.3. The van der Waals surface area contributed by atoms with Gasteiger partial charge in [-0.3, -0.25) is 9.69 Å². The molecule has 0 aromatic heterocycles. The summed E-state index contributed by atoms with van der Waals surface area (Å²) in [7, 11) is 1.34. The number of phenolic OH excluding ortho intramolecular Hbond substituents is 1. The van der Waals surface area contributed by atoms with Crippen molar-refractivity contribution in [2.75, 3.05) is 20.2 Å². The minimum absolute atomic E-state index is 0.0251. The molecule has 1 saturated heterocycles. The number of ether oxygens (including phenoxy) is 1. The lowest BCUT2D eigenvalue weighted by Crippen LogP contribution is -2.36. The van der Waals surface area contributed by atoms with Crippen LogP contribution in [0, 0.1) is 0 Å². The first-order valence-electron chi connectivity index (χ1n) is 6.89. The maximum atomic E-state index is 11.4. The molecule has 21 heavy (non-hydrogen) atoms. The molecule has 0 saturated carbocycles. The maximum absolute atomic E-state index is 11.4. The maximum Gasteiger partial charge on any atom is 0.407 e. The van der Waals surface area contributed by atoms with Crippen LogP contribution in [0.2, 0.25) is 0 Å². The molecule has 1 atom stereocenters. The fourth-order valence-electron chi connectivity index (χ4n) is 2.49. The topological polar surface area (TPSA) is 78.9 Å². The van der Waals surface area contributed by atoms with Crippen molar-refractivity contribution in [3.05, 3.63) is 29.3 Å². The molecule has 1 fully saturated rings. The van der Waals surface area contributed by atoms with E-state index in [1.165, 1.54) is 14.0 Å². The molecule has 1 aliphatic heterocycles. The van der Waals surface area contributed by atoms with Crippen molar-refractivity contribution in [2.24, 2.45) is 0 Å². The number of hydrogen-bond donors (Lipinski definition) is 2. The number of alkyl carbamates (subject to hydrolysis) is 1. The van der Waals surface area contributed by atoms with E-state index in [4.69, 9.17) is 0 Å². The Morgan fingerprint density at radius 1 is 1.48 bits per heavy atom. The average Bonchev–Trinajstić information content (AvgIpc) is 2.88. The van der Waals surface area contributed by atoms with E-state index in [2.05, 4.69) is 15.0 Å². The molecule has 1 aromatic rings. The normalized spacial score (nSPS) is 18.5. The van der Waals surface area contributed by atoms with Gasteiger partial charge in [0.15, 0.2) is 5.78 Å². The van der Waals surface area contributed by atoms with Gasteiger partial charge in [-0.05, 0) is 31.5 Å². The van der Waals surface area contributed by atoms with Gasteiger partial charge in [0.05, 0.1) is 7.11 Å². The van der Waals surface area contributed by atoms with E-state index >= 15 is 0 Å². The molecule has 114 valence electrons. The van der Waals surface area contributed by atoms with Gasteiger partial charge in [0.2, 0.25) is 0 Å². The first kappa shape index (κ1) is 15.3. The molecule has 0 spiro atoms. The summed E-state index contributed by atoms with van der Waals surface area (Å²) in [5.74, 6) is 0.160. The number of carbonyl (C=O) groups is 2. The van der Waals surface area contributed by atoms with Crippen LogP contribution < -0.4 is 5.32 Å². The summed E-state index contributed by atoms with van der Waals surface area (Å²) in [4.78, 5) is 24.7. The molecule has 0 radical (unpaired) electrons. The smallest absolute Gasteiger partial charge is 0.407 e. The van der Waals surface area contributed by atoms with E-state index in [9.17, 15) is 14.7 Å². The quantitative estimate of drug-likeness (QED) is 0.823. The number of phenols is 1. The number of amides is 1. The van der Waals surface area contributed by atoms with Crippen LogP contribution in [0.25, 0.3) is 0 Å². The predicted molar refractivity (Wildman–Crippen MR) is 77.3 cm³/mol. The van der Waals surface area contributed by atoms with E-state index in [1.54, 1.807) is 18.2 Å². The van der Waals surface area contributed by atoms with E-state index in [-0.39, 0.29) is 17.6 Å². The lowest BCUT2D eigenvalue weighted by molar-refractivity contribution is 0.101. The van der Waals surface area contributed by atoms with Gasteiger partial charge in [0, 0.05) is 36.8 Å². The summed E-state index contributed by atoms with van der Waals surface area (Å²) in [6, 6.07) is 4.94. The molecule has 0 aliphatic carbocycles. The Morgan fingerprint density at radius 3 is 2.90 bits per heavy atom. The highest BCUT2D eigenvalue weighted by molar-refractivity contribution is 5.94. The second kappa shape index (κ2) is 6.58. The van der Waals surface area contributed by atoms with Crippen molar-refractivity contribution in [1.29, 1.82) is 0 Å². The van der Waals surface area contributed by atoms with Crippen molar-refractivity contribution < 1.29 is 19.4 Å². The molecular formula is C15H20N2O4. The highest BCUT2D eigenvalue weighted by Crippen LogP contribution is 2.22.